The van der Waals surface area contributed by atoms with Gasteiger partial charge in [0.1, 0.15) is 24.4 Å². The largest absolute Gasteiger partial charge is 0.490 e. The van der Waals surface area contributed by atoms with Crippen LogP contribution in [0.25, 0.3) is 33.5 Å². The van der Waals surface area contributed by atoms with Crippen molar-refractivity contribution in [1.82, 2.24) is 55.8 Å². The van der Waals surface area contributed by atoms with Crippen LogP contribution in [-0.2, 0) is 75.2 Å². The SMILES string of the molecule is CC[C@@]1(O)C(=O)OCc2c1cc1n(c2=O)Cc2c-1nc1cc3c(cc1c2CNC(=O)CNC(=O)[C@H](CCCCN)NC(=O)[C@@H](NC(=O)CCCCCn1cc(-c2cnc(S(C)(=O)=O)nc2)nn1)C(C)C)OCO3.O=C(O)C(F)(F)F. The number of halogens is 3. The van der Waals surface area contributed by atoms with E-state index in [9.17, 15) is 55.5 Å². The van der Waals surface area contributed by atoms with Crippen molar-refractivity contribution >= 4 is 56.3 Å². The molecule has 1 aromatic carbocycles. The van der Waals surface area contributed by atoms with Gasteiger partial charge in [0.15, 0.2) is 17.1 Å². The van der Waals surface area contributed by atoms with E-state index in [-0.39, 0.29) is 73.9 Å². The molecule has 5 aromatic rings. The third kappa shape index (κ3) is 13.6. The maximum atomic E-state index is 14.0. The monoisotopic (exact) mass is 1140 g/mol. The van der Waals surface area contributed by atoms with Crippen molar-refractivity contribution in [3.8, 4) is 34.1 Å². The highest BCUT2D eigenvalue weighted by atomic mass is 32.2. The number of aliphatic hydroxyl groups is 1. The molecule has 4 aromatic heterocycles. The van der Waals surface area contributed by atoms with E-state index in [1.807, 2.05) is 0 Å². The van der Waals surface area contributed by atoms with E-state index in [0.717, 1.165) is 6.26 Å². The van der Waals surface area contributed by atoms with Crippen LogP contribution in [0.5, 0.6) is 11.5 Å². The lowest BCUT2D eigenvalue weighted by Crippen LogP contribution is -2.56. The number of nitrogens with zero attached hydrogens (tertiary/aromatic N) is 7. The lowest BCUT2D eigenvalue weighted by atomic mass is 9.86. The van der Waals surface area contributed by atoms with Gasteiger partial charge in [-0.05, 0) is 68.7 Å². The number of nitrogens with two attached hydrogens (primary N) is 1. The number of unbranched alkanes of at least 4 members (excludes halogenated alkanes) is 3. The normalized spacial score (nSPS) is 15.8. The Bertz CT molecular complexity index is 3370. The van der Waals surface area contributed by atoms with Crippen molar-refractivity contribution in [2.75, 3.05) is 26.1 Å². The summed E-state index contributed by atoms with van der Waals surface area (Å²) in [6, 6.07) is 3.04. The minimum atomic E-state index is -5.08. The van der Waals surface area contributed by atoms with Gasteiger partial charge in [0.05, 0.1) is 41.8 Å². The lowest BCUT2D eigenvalue weighted by Gasteiger charge is -2.31. The maximum absolute atomic E-state index is 14.0. The summed E-state index contributed by atoms with van der Waals surface area (Å²) in [5.74, 6) is -5.07. The second-order valence-corrected chi connectivity index (χ2v) is 21.3. The predicted octanol–water partition coefficient (Wildman–Crippen LogP) is 1.64. The topological polar surface area (TPSA) is 370 Å². The van der Waals surface area contributed by atoms with Crippen molar-refractivity contribution < 1.29 is 74.8 Å². The second kappa shape index (κ2) is 24.9. The predicted molar refractivity (Wildman–Crippen MR) is 273 cm³/mol. The summed E-state index contributed by atoms with van der Waals surface area (Å²) in [5, 5.41) is 38.2. The molecule has 8 N–H and O–H groups in total. The number of carboxylic acids is 1. The lowest BCUT2D eigenvalue weighted by molar-refractivity contribution is -0.192. The average Bonchev–Trinajstić information content (AvgIpc) is 4.22. The Hall–Kier alpha value is -8.12. The van der Waals surface area contributed by atoms with Crippen molar-refractivity contribution in [3.05, 3.63) is 69.4 Å². The molecule has 3 atom stereocenters. The van der Waals surface area contributed by atoms with E-state index < -0.39 is 75.5 Å². The van der Waals surface area contributed by atoms with E-state index in [4.69, 9.17) is 34.8 Å². The smallest absolute Gasteiger partial charge is 0.475 e. The van der Waals surface area contributed by atoms with Crippen molar-refractivity contribution in [2.24, 2.45) is 11.7 Å². The number of ether oxygens (including phenoxy) is 3. The highest BCUT2D eigenvalue weighted by Gasteiger charge is 2.46. The van der Waals surface area contributed by atoms with Gasteiger partial charge >= 0.3 is 18.1 Å². The van der Waals surface area contributed by atoms with Crippen LogP contribution in [0, 0.1) is 5.92 Å². The number of esters is 1. The maximum Gasteiger partial charge on any atom is 0.490 e. The first-order valence-electron chi connectivity index (χ1n) is 25.3. The molecular formula is C50H59F3N12O14S. The Labute approximate surface area is 454 Å². The number of hydrogen-bond acceptors (Lipinski definition) is 19. The minimum absolute atomic E-state index is 0.000951. The molecule has 3 aliphatic rings. The number of fused-ring (bicyclic) bond motifs is 6. The van der Waals surface area contributed by atoms with Gasteiger partial charge in [-0.25, -0.2) is 33.0 Å². The number of nitrogens with one attached hydrogen (secondary N) is 4. The summed E-state index contributed by atoms with van der Waals surface area (Å²) in [4.78, 5) is 102. The molecular weight excluding hydrogens is 1080 g/mol. The Morgan fingerprint density at radius 1 is 0.912 bits per heavy atom. The van der Waals surface area contributed by atoms with Crippen LogP contribution in [0.2, 0.25) is 0 Å². The van der Waals surface area contributed by atoms with Gasteiger partial charge in [-0.15, -0.1) is 5.10 Å². The van der Waals surface area contributed by atoms with Gasteiger partial charge in [0.25, 0.3) is 5.56 Å². The Kier molecular flexibility index (Phi) is 18.5. The number of hydrogen-bond donors (Lipinski definition) is 7. The number of pyridine rings is 2. The van der Waals surface area contributed by atoms with E-state index in [2.05, 4.69) is 41.5 Å². The number of alkyl halides is 3. The molecule has 0 aliphatic carbocycles. The molecule has 0 saturated carbocycles. The number of carboxylic acid groups (broad SMARTS) is 1. The van der Waals surface area contributed by atoms with E-state index in [0.29, 0.717) is 101 Å². The number of benzene rings is 1. The van der Waals surface area contributed by atoms with Crippen LogP contribution in [0.1, 0.15) is 94.4 Å². The summed E-state index contributed by atoms with van der Waals surface area (Å²) in [6.07, 6.45) is 3.65. The Balaban J connectivity index is 0.00000124. The van der Waals surface area contributed by atoms with Crippen LogP contribution in [0.3, 0.4) is 0 Å². The average molecular weight is 1140 g/mol. The third-order valence-electron chi connectivity index (χ3n) is 13.4. The highest BCUT2D eigenvalue weighted by Crippen LogP contribution is 2.43. The van der Waals surface area contributed by atoms with Gasteiger partial charge in [-0.3, -0.25) is 28.7 Å². The molecule has 0 saturated heterocycles. The standard InChI is InChI=1S/C48H58N12O12S.C2HF3O2/c1-5-48(67)32-16-36-42-30(22-60(36)45(65)31(32)24-70-46(48)66)29(28-15-37-38(72-25-71-37)17-34(28)54-42)20-50-40(62)21-51-43(63)33(11-8-9-13-49)55-44(64)41(26(2)3)56-39(61)12-7-6-10-14-59-23-35(57-58-59)27-18-52-47(53-19-27)73(4,68)69;3-2(4,5)1(6)7/h15-19,23,26,33,41,67H,5-14,20-22,24-25,49H2,1-4H3,(H,50,62)(H,51,63)(H,55,64)(H,56,61);(H,6,7)/t33-,41-,48-;/m0./s1. The summed E-state index contributed by atoms with van der Waals surface area (Å²) < 4.78 is 74.7. The highest BCUT2D eigenvalue weighted by molar-refractivity contribution is 7.90. The molecule has 3 aliphatic heterocycles. The fourth-order valence-electron chi connectivity index (χ4n) is 9.01. The van der Waals surface area contributed by atoms with Gasteiger partial charge < -0.3 is 56.0 Å². The summed E-state index contributed by atoms with van der Waals surface area (Å²) in [6.45, 7) is 5.31. The number of cyclic esters (lactones) is 1. The number of amides is 4. The number of sulfone groups is 1. The van der Waals surface area contributed by atoms with E-state index in [1.165, 1.54) is 17.0 Å². The number of carbonyl (C=O) groups excluding carboxylic acids is 5. The molecule has 30 heteroatoms. The van der Waals surface area contributed by atoms with E-state index >= 15 is 0 Å². The fraction of sp³-hybridized carbons (Fsp3) is 0.480. The molecule has 0 fully saturated rings. The van der Waals surface area contributed by atoms with Crippen LogP contribution in [-0.4, -0.2) is 133 Å². The molecule has 80 heavy (non-hydrogen) atoms. The second-order valence-electron chi connectivity index (χ2n) is 19.4. The molecule has 430 valence electrons. The van der Waals surface area contributed by atoms with Crippen molar-refractivity contribution in [1.29, 1.82) is 0 Å². The summed E-state index contributed by atoms with van der Waals surface area (Å²) in [7, 11) is -3.54. The quantitative estimate of drug-likeness (QED) is 0.0289. The zero-order valence-electron chi connectivity index (χ0n) is 43.8. The first kappa shape index (κ1) is 59.5. The van der Waals surface area contributed by atoms with Gasteiger partial charge in [0.2, 0.25) is 45.4 Å². The van der Waals surface area contributed by atoms with Crippen LogP contribution >= 0.6 is 0 Å². The van der Waals surface area contributed by atoms with Crippen molar-refractivity contribution in [2.45, 2.75) is 127 Å². The summed E-state index contributed by atoms with van der Waals surface area (Å²) in [5.41, 5.74) is 7.08. The number of carbonyl (C=O) groups is 6. The van der Waals surface area contributed by atoms with Crippen LogP contribution in [0.4, 0.5) is 13.2 Å². The van der Waals surface area contributed by atoms with Crippen molar-refractivity contribution in [3.63, 3.8) is 0 Å². The first-order chi connectivity index (χ1) is 37.8. The van der Waals surface area contributed by atoms with Gasteiger partial charge in [-0.2, -0.15) is 13.2 Å². The van der Waals surface area contributed by atoms with Gasteiger partial charge in [-0.1, -0.05) is 32.4 Å². The molecule has 0 bridgehead atoms. The van der Waals surface area contributed by atoms with Gasteiger partial charge in [0, 0.05) is 66.3 Å². The molecule has 0 unspecified atom stereocenters. The number of rotatable bonds is 22. The molecule has 0 spiro atoms. The third-order valence-corrected chi connectivity index (χ3v) is 14.2. The molecule has 0 radical (unpaired) electrons. The first-order valence-corrected chi connectivity index (χ1v) is 27.2. The fourth-order valence-corrected chi connectivity index (χ4v) is 9.50. The van der Waals surface area contributed by atoms with E-state index in [1.54, 1.807) is 49.8 Å². The minimum Gasteiger partial charge on any atom is -0.475 e. The van der Waals surface area contributed by atoms with Crippen LogP contribution in [0.15, 0.2) is 46.7 Å². The number of aromatic nitrogens is 7. The zero-order chi connectivity index (χ0) is 58.3. The number of aryl methyl sites for hydroxylation is 1. The molecule has 4 amide bonds. The Morgan fingerprint density at radius 2 is 1.61 bits per heavy atom. The Morgan fingerprint density at radius 3 is 2.26 bits per heavy atom. The summed E-state index contributed by atoms with van der Waals surface area (Å²) >= 11 is 0. The molecule has 8 rings (SSSR count). The van der Waals surface area contributed by atoms with Crippen LogP contribution < -0.4 is 42.0 Å². The molecule has 7 heterocycles. The number of aliphatic carboxylic acids is 1. The molecule has 26 nitrogen and oxygen atoms in total. The zero-order valence-corrected chi connectivity index (χ0v) is 44.7.